The van der Waals surface area contributed by atoms with E-state index in [1.54, 1.807) is 0 Å². The van der Waals surface area contributed by atoms with E-state index in [4.69, 9.17) is 14.2 Å². The van der Waals surface area contributed by atoms with Crippen LogP contribution in [-0.2, 0) is 28.6 Å². The maximum Gasteiger partial charge on any atom is 0.306 e. The zero-order valence-corrected chi connectivity index (χ0v) is 53.7. The maximum absolute atomic E-state index is 12.9. The Labute approximate surface area is 507 Å². The normalized spacial score (nSPS) is 12.9. The molecule has 0 radical (unpaired) electrons. The molecule has 0 aliphatic heterocycles. The lowest BCUT2D eigenvalue weighted by Crippen LogP contribution is -2.30. The van der Waals surface area contributed by atoms with E-state index in [1.165, 1.54) is 154 Å². The maximum atomic E-state index is 12.9. The molecule has 0 rings (SSSR count). The molecule has 0 saturated carbocycles. The van der Waals surface area contributed by atoms with Gasteiger partial charge in [0.05, 0.1) is 0 Å². The van der Waals surface area contributed by atoms with Gasteiger partial charge in [0.2, 0.25) is 0 Å². The molecule has 6 nitrogen and oxygen atoms in total. The average Bonchev–Trinajstić information content (AvgIpc) is 3.47. The molecule has 0 amide bonds. The fourth-order valence-corrected chi connectivity index (χ4v) is 9.62. The van der Waals surface area contributed by atoms with Gasteiger partial charge in [-0.15, -0.1) is 0 Å². The molecule has 0 aliphatic rings. The second-order valence-electron chi connectivity index (χ2n) is 22.7. The molecule has 0 aliphatic carbocycles. The Bertz CT molecular complexity index is 1690. The molecule has 82 heavy (non-hydrogen) atoms. The molecule has 0 saturated heterocycles. The quantitative estimate of drug-likeness (QED) is 0.0261. The van der Waals surface area contributed by atoms with Gasteiger partial charge in [-0.2, -0.15) is 0 Å². The first kappa shape index (κ1) is 77.8. The Morgan fingerprint density at radius 3 is 0.744 bits per heavy atom. The van der Waals surface area contributed by atoms with E-state index >= 15 is 0 Å². The van der Waals surface area contributed by atoms with Crippen molar-refractivity contribution < 1.29 is 28.6 Å². The minimum atomic E-state index is -0.785. The van der Waals surface area contributed by atoms with Crippen LogP contribution in [0.3, 0.4) is 0 Å². The summed E-state index contributed by atoms with van der Waals surface area (Å²) in [6.07, 6.45) is 96.4. The Balaban J connectivity index is 4.26. The Hall–Kier alpha value is -4.19. The highest BCUT2D eigenvalue weighted by molar-refractivity contribution is 5.71. The van der Waals surface area contributed by atoms with Crippen LogP contribution in [0.25, 0.3) is 0 Å². The Morgan fingerprint density at radius 1 is 0.256 bits per heavy atom. The predicted octanol–water partition coefficient (Wildman–Crippen LogP) is 23.9. The summed E-state index contributed by atoms with van der Waals surface area (Å²) in [7, 11) is 0. The van der Waals surface area contributed by atoms with Crippen molar-refractivity contribution in [2.75, 3.05) is 13.2 Å². The summed E-state index contributed by atoms with van der Waals surface area (Å²) >= 11 is 0. The van der Waals surface area contributed by atoms with Crippen LogP contribution < -0.4 is 0 Å². The van der Waals surface area contributed by atoms with Gasteiger partial charge in [0.25, 0.3) is 0 Å². The largest absolute Gasteiger partial charge is 0.462 e. The van der Waals surface area contributed by atoms with Crippen molar-refractivity contribution in [2.24, 2.45) is 0 Å². The van der Waals surface area contributed by atoms with Crippen molar-refractivity contribution in [3.8, 4) is 0 Å². The van der Waals surface area contributed by atoms with Crippen LogP contribution in [0.5, 0.6) is 0 Å². The van der Waals surface area contributed by atoms with E-state index in [9.17, 15) is 14.4 Å². The highest BCUT2D eigenvalue weighted by Gasteiger charge is 2.19. The number of esters is 3. The number of rotatable bonds is 62. The molecule has 0 aromatic heterocycles. The highest BCUT2D eigenvalue weighted by atomic mass is 16.6. The first-order chi connectivity index (χ1) is 40.5. The molecular formula is C76H128O6. The minimum Gasteiger partial charge on any atom is -0.462 e. The van der Waals surface area contributed by atoms with E-state index in [0.29, 0.717) is 19.3 Å². The van der Waals surface area contributed by atoms with Gasteiger partial charge in [-0.05, 0) is 109 Å². The predicted molar refractivity (Wildman–Crippen MR) is 357 cm³/mol. The molecular weight excluding hydrogens is 1010 g/mol. The fraction of sp³-hybridized carbons (Fsp3) is 0.697. The van der Waals surface area contributed by atoms with Gasteiger partial charge < -0.3 is 14.2 Å². The molecule has 6 heteroatoms. The van der Waals surface area contributed by atoms with Gasteiger partial charge in [0.15, 0.2) is 6.10 Å². The molecule has 0 spiro atoms. The van der Waals surface area contributed by atoms with Crippen molar-refractivity contribution in [3.05, 3.63) is 122 Å². The molecule has 1 atom stereocenters. The summed E-state index contributed by atoms with van der Waals surface area (Å²) < 4.78 is 17.0. The zero-order valence-electron chi connectivity index (χ0n) is 53.7. The molecule has 0 aromatic carbocycles. The van der Waals surface area contributed by atoms with Crippen LogP contribution in [0.15, 0.2) is 122 Å². The second kappa shape index (κ2) is 69.3. The summed E-state index contributed by atoms with van der Waals surface area (Å²) in [4.78, 5) is 38.4. The third kappa shape index (κ3) is 66.6. The van der Waals surface area contributed by atoms with Crippen LogP contribution in [-0.4, -0.2) is 37.2 Å². The summed E-state index contributed by atoms with van der Waals surface area (Å²) in [5, 5.41) is 0. The van der Waals surface area contributed by atoms with Crippen molar-refractivity contribution in [2.45, 2.75) is 329 Å². The lowest BCUT2D eigenvalue weighted by molar-refractivity contribution is -0.167. The molecule has 0 N–H and O–H groups in total. The SMILES string of the molecule is CC/C=C\C/C=C\C/C=C\C/C=C\C/C=C\C/C=C\CCCCCCCCCCCCCCC(=O)OCC(COC(=O)CCCCCCCCCCCCCC)OC(=O)CCCCCCCCCC/C=C\C/C=C\C/C=C\C/C=C\CC. The number of ether oxygens (including phenoxy) is 3. The van der Waals surface area contributed by atoms with Gasteiger partial charge in [-0.1, -0.05) is 316 Å². The molecule has 0 bridgehead atoms. The molecule has 0 fully saturated rings. The first-order valence-electron chi connectivity index (χ1n) is 34.5. The Morgan fingerprint density at radius 2 is 0.476 bits per heavy atom. The van der Waals surface area contributed by atoms with Gasteiger partial charge >= 0.3 is 17.9 Å². The number of carbonyl (C=O) groups excluding carboxylic acids is 3. The van der Waals surface area contributed by atoms with Gasteiger partial charge in [-0.3, -0.25) is 14.4 Å². The van der Waals surface area contributed by atoms with Crippen LogP contribution in [0.2, 0.25) is 0 Å². The lowest BCUT2D eigenvalue weighted by Gasteiger charge is -2.18. The highest BCUT2D eigenvalue weighted by Crippen LogP contribution is 2.17. The van der Waals surface area contributed by atoms with E-state index in [0.717, 1.165) is 128 Å². The number of hydrogen-bond donors (Lipinski definition) is 0. The summed E-state index contributed by atoms with van der Waals surface area (Å²) in [5.74, 6) is -0.879. The lowest BCUT2D eigenvalue weighted by atomic mass is 10.0. The Kier molecular flexibility index (Phi) is 65.8. The van der Waals surface area contributed by atoms with Crippen LogP contribution in [0.1, 0.15) is 323 Å². The smallest absolute Gasteiger partial charge is 0.306 e. The van der Waals surface area contributed by atoms with Crippen molar-refractivity contribution in [1.82, 2.24) is 0 Å². The number of hydrogen-bond acceptors (Lipinski definition) is 6. The monoisotopic (exact) mass is 1140 g/mol. The molecule has 468 valence electrons. The number of unbranched alkanes of at least 4 members (excludes halogenated alkanes) is 31. The summed E-state index contributed by atoms with van der Waals surface area (Å²) in [6.45, 7) is 6.43. The van der Waals surface area contributed by atoms with Crippen LogP contribution >= 0.6 is 0 Å². The second-order valence-corrected chi connectivity index (χ2v) is 22.7. The van der Waals surface area contributed by atoms with Gasteiger partial charge in [-0.25, -0.2) is 0 Å². The zero-order chi connectivity index (χ0) is 59.2. The van der Waals surface area contributed by atoms with Crippen LogP contribution in [0.4, 0.5) is 0 Å². The topological polar surface area (TPSA) is 78.9 Å². The van der Waals surface area contributed by atoms with Crippen molar-refractivity contribution in [1.29, 1.82) is 0 Å². The first-order valence-corrected chi connectivity index (χ1v) is 34.5. The molecule has 1 unspecified atom stereocenters. The fourth-order valence-electron chi connectivity index (χ4n) is 9.62. The van der Waals surface area contributed by atoms with Crippen LogP contribution in [0, 0.1) is 0 Å². The standard InChI is InChI=1S/C76H128O6/c1-4-7-10-13-16-19-22-25-27-29-31-33-34-35-36-37-38-39-40-41-42-44-45-47-49-51-54-57-60-63-66-69-75(78)81-72-73(71-80-74(77)68-65-62-59-56-53-24-21-18-15-12-9-6-3)82-76(79)70-67-64-61-58-55-52-50-48-46-43-32-30-28-26-23-20-17-14-11-8-5-2/h7-8,10-11,16-17,19-20,25-28,31-33,35-36,38-39,43,73H,4-6,9,12-15,18,21-24,29-30,34,37,40-42,44-72H2,1-3H3/b10-7-,11-8-,19-16-,20-17-,27-25-,28-26-,33-31-,36-35-,39-38-,43-32-. The van der Waals surface area contributed by atoms with Gasteiger partial charge in [0, 0.05) is 19.3 Å². The van der Waals surface area contributed by atoms with Crippen molar-refractivity contribution >= 4 is 17.9 Å². The number of carbonyl (C=O) groups is 3. The third-order valence-corrected chi connectivity index (χ3v) is 14.7. The number of allylic oxidation sites excluding steroid dienone is 20. The van der Waals surface area contributed by atoms with Crippen molar-refractivity contribution in [3.63, 3.8) is 0 Å². The molecule has 0 heterocycles. The van der Waals surface area contributed by atoms with E-state index in [1.807, 2.05) is 0 Å². The van der Waals surface area contributed by atoms with E-state index in [2.05, 4.69) is 142 Å². The third-order valence-electron chi connectivity index (χ3n) is 14.7. The average molecular weight is 1140 g/mol. The minimum absolute atomic E-state index is 0.0799. The van der Waals surface area contributed by atoms with Gasteiger partial charge in [0.1, 0.15) is 13.2 Å². The summed E-state index contributed by atoms with van der Waals surface area (Å²) in [5.41, 5.74) is 0. The molecule has 0 aromatic rings. The summed E-state index contributed by atoms with van der Waals surface area (Å²) in [6, 6.07) is 0. The van der Waals surface area contributed by atoms with E-state index < -0.39 is 6.10 Å². The van der Waals surface area contributed by atoms with E-state index in [-0.39, 0.29) is 31.1 Å².